The predicted molar refractivity (Wildman–Crippen MR) is 106 cm³/mol. The summed E-state index contributed by atoms with van der Waals surface area (Å²) < 4.78 is 16.1. The first kappa shape index (κ1) is 19.7. The molecule has 2 aromatic carbocycles. The van der Waals surface area contributed by atoms with Crippen LogP contribution in [-0.4, -0.2) is 32.7 Å². The summed E-state index contributed by atoms with van der Waals surface area (Å²) in [4.78, 5) is 12.9. The van der Waals surface area contributed by atoms with Crippen LogP contribution in [0.15, 0.2) is 60.0 Å². The number of nitrogens with one attached hydrogen (secondary N) is 1. The van der Waals surface area contributed by atoms with Crippen molar-refractivity contribution in [1.82, 2.24) is 0 Å². The van der Waals surface area contributed by atoms with Crippen molar-refractivity contribution in [1.29, 1.82) is 0 Å². The highest BCUT2D eigenvalue weighted by Crippen LogP contribution is 2.28. The van der Waals surface area contributed by atoms with Gasteiger partial charge in [-0.2, -0.15) is 0 Å². The van der Waals surface area contributed by atoms with Crippen LogP contribution >= 0.6 is 11.8 Å². The van der Waals surface area contributed by atoms with E-state index in [1.165, 1.54) is 0 Å². The molecule has 6 heteroatoms. The van der Waals surface area contributed by atoms with Crippen LogP contribution in [-0.2, 0) is 11.2 Å². The van der Waals surface area contributed by atoms with Gasteiger partial charge < -0.3 is 14.2 Å². The molecule has 0 aliphatic rings. The van der Waals surface area contributed by atoms with Crippen LogP contribution in [0, 0.1) is 0 Å². The van der Waals surface area contributed by atoms with E-state index >= 15 is 0 Å². The third-order valence-corrected chi connectivity index (χ3v) is 4.22. The molecule has 0 unspecified atom stereocenters. The highest BCUT2D eigenvalue weighted by Gasteiger charge is 2.07. The average Bonchev–Trinajstić information content (AvgIpc) is 2.66. The molecule has 0 heterocycles. The molecule has 0 fully saturated rings. The Morgan fingerprint density at radius 1 is 1.19 bits per heavy atom. The van der Waals surface area contributed by atoms with E-state index in [2.05, 4.69) is 11.9 Å². The number of anilines is 1. The molecule has 0 atom stereocenters. The molecule has 0 spiro atoms. The fourth-order valence-electron chi connectivity index (χ4n) is 2.27. The number of thioether (sulfide) groups is 1. The maximum Gasteiger partial charge on any atom is 0.411 e. The standard InChI is InChI=1S/C20H23NO4S/c1-4-6-15-9-10-18(19(13-15)23-2)24-11-12-25-20(22)21-16-7-5-8-17(14-16)26-3/h4-5,7-10,13-14H,1,6,11-12H2,2-3H3,(H,21,22). The Morgan fingerprint density at radius 3 is 2.77 bits per heavy atom. The van der Waals surface area contributed by atoms with E-state index < -0.39 is 6.09 Å². The molecule has 0 aromatic heterocycles. The zero-order valence-electron chi connectivity index (χ0n) is 15.0. The summed E-state index contributed by atoms with van der Waals surface area (Å²) in [7, 11) is 1.59. The highest BCUT2D eigenvalue weighted by atomic mass is 32.2. The Morgan fingerprint density at radius 2 is 2.04 bits per heavy atom. The van der Waals surface area contributed by atoms with Gasteiger partial charge in [0.15, 0.2) is 11.5 Å². The molecule has 5 nitrogen and oxygen atoms in total. The predicted octanol–water partition coefficient (Wildman–Crippen LogP) is 4.77. The van der Waals surface area contributed by atoms with Crippen molar-refractivity contribution in [3.8, 4) is 11.5 Å². The number of allylic oxidation sites excluding steroid dienone is 1. The normalized spacial score (nSPS) is 10.1. The van der Waals surface area contributed by atoms with Crippen LogP contribution in [0.3, 0.4) is 0 Å². The number of rotatable bonds is 9. The second-order valence-corrected chi connectivity index (χ2v) is 6.20. The minimum atomic E-state index is -0.514. The summed E-state index contributed by atoms with van der Waals surface area (Å²) in [5, 5.41) is 2.70. The fourth-order valence-corrected chi connectivity index (χ4v) is 2.73. The molecule has 0 bridgehead atoms. The summed E-state index contributed by atoms with van der Waals surface area (Å²) in [5.74, 6) is 1.25. The monoisotopic (exact) mass is 373 g/mol. The van der Waals surface area contributed by atoms with E-state index in [0.29, 0.717) is 17.2 Å². The van der Waals surface area contributed by atoms with E-state index in [1.807, 2.05) is 54.8 Å². The second-order valence-electron chi connectivity index (χ2n) is 5.32. The van der Waals surface area contributed by atoms with Crippen LogP contribution in [0.2, 0.25) is 0 Å². The van der Waals surface area contributed by atoms with E-state index in [0.717, 1.165) is 16.9 Å². The van der Waals surface area contributed by atoms with Gasteiger partial charge in [0, 0.05) is 10.6 Å². The van der Waals surface area contributed by atoms with Crippen molar-refractivity contribution in [3.63, 3.8) is 0 Å². The van der Waals surface area contributed by atoms with Gasteiger partial charge in [0.25, 0.3) is 0 Å². The molecule has 26 heavy (non-hydrogen) atoms. The number of hydrogen-bond acceptors (Lipinski definition) is 5. The first-order chi connectivity index (χ1) is 12.7. The lowest BCUT2D eigenvalue weighted by Crippen LogP contribution is -2.17. The van der Waals surface area contributed by atoms with E-state index in [1.54, 1.807) is 18.9 Å². The smallest absolute Gasteiger partial charge is 0.411 e. The molecule has 2 aromatic rings. The Bertz CT molecular complexity index is 748. The van der Waals surface area contributed by atoms with Gasteiger partial charge in [0.05, 0.1) is 7.11 Å². The molecule has 0 saturated carbocycles. The molecule has 0 aliphatic carbocycles. The lowest BCUT2D eigenvalue weighted by atomic mass is 10.1. The van der Waals surface area contributed by atoms with E-state index in [-0.39, 0.29) is 13.2 Å². The van der Waals surface area contributed by atoms with Gasteiger partial charge in [-0.25, -0.2) is 4.79 Å². The number of methoxy groups -OCH3 is 1. The third kappa shape index (κ3) is 6.04. The van der Waals surface area contributed by atoms with Gasteiger partial charge in [-0.05, 0) is 48.6 Å². The number of benzene rings is 2. The van der Waals surface area contributed by atoms with Crippen LogP contribution in [0.4, 0.5) is 10.5 Å². The zero-order valence-corrected chi connectivity index (χ0v) is 15.8. The number of amides is 1. The minimum Gasteiger partial charge on any atom is -0.493 e. The molecule has 138 valence electrons. The lowest BCUT2D eigenvalue weighted by Gasteiger charge is -2.12. The maximum absolute atomic E-state index is 11.8. The van der Waals surface area contributed by atoms with Crippen molar-refractivity contribution < 1.29 is 19.0 Å². The highest BCUT2D eigenvalue weighted by molar-refractivity contribution is 7.98. The van der Waals surface area contributed by atoms with Crippen molar-refractivity contribution in [2.24, 2.45) is 0 Å². The molecular weight excluding hydrogens is 350 g/mol. The van der Waals surface area contributed by atoms with Crippen molar-refractivity contribution in [3.05, 3.63) is 60.7 Å². The molecule has 2 rings (SSSR count). The van der Waals surface area contributed by atoms with Gasteiger partial charge in [-0.3, -0.25) is 5.32 Å². The quantitative estimate of drug-likeness (QED) is 0.390. The summed E-state index contributed by atoms with van der Waals surface area (Å²) in [6.07, 6.45) is 4.06. The first-order valence-electron chi connectivity index (χ1n) is 8.14. The topological polar surface area (TPSA) is 56.8 Å². The largest absolute Gasteiger partial charge is 0.493 e. The van der Waals surface area contributed by atoms with Gasteiger partial charge in [-0.15, -0.1) is 18.3 Å². The molecule has 0 saturated heterocycles. The summed E-state index contributed by atoms with van der Waals surface area (Å²) in [6.45, 7) is 4.09. The van der Waals surface area contributed by atoms with Gasteiger partial charge in [0.1, 0.15) is 13.2 Å². The van der Waals surface area contributed by atoms with Crippen molar-refractivity contribution in [2.45, 2.75) is 11.3 Å². The summed E-state index contributed by atoms with van der Waals surface area (Å²) in [6, 6.07) is 13.3. The number of ether oxygens (including phenoxy) is 3. The second kappa shape index (κ2) is 10.4. The van der Waals surface area contributed by atoms with Gasteiger partial charge >= 0.3 is 6.09 Å². The first-order valence-corrected chi connectivity index (χ1v) is 9.37. The summed E-state index contributed by atoms with van der Waals surface area (Å²) in [5.41, 5.74) is 1.79. The van der Waals surface area contributed by atoms with Crippen molar-refractivity contribution in [2.75, 3.05) is 31.9 Å². The van der Waals surface area contributed by atoms with Gasteiger partial charge in [0.2, 0.25) is 0 Å². The van der Waals surface area contributed by atoms with Crippen LogP contribution < -0.4 is 14.8 Å². The van der Waals surface area contributed by atoms with E-state index in [9.17, 15) is 4.79 Å². The SMILES string of the molecule is C=CCc1ccc(OCCOC(=O)Nc2cccc(SC)c2)c(OC)c1. The minimum absolute atomic E-state index is 0.131. The van der Waals surface area contributed by atoms with Gasteiger partial charge in [-0.1, -0.05) is 18.2 Å². The molecule has 1 N–H and O–H groups in total. The van der Waals surface area contributed by atoms with Crippen molar-refractivity contribution >= 4 is 23.5 Å². The number of carbonyl (C=O) groups is 1. The third-order valence-electron chi connectivity index (χ3n) is 3.50. The molecule has 1 amide bonds. The Hall–Kier alpha value is -2.60. The number of hydrogen-bond donors (Lipinski definition) is 1. The molecule has 0 aliphatic heterocycles. The lowest BCUT2D eigenvalue weighted by molar-refractivity contribution is 0.136. The fraction of sp³-hybridized carbons (Fsp3) is 0.250. The van der Waals surface area contributed by atoms with Crippen LogP contribution in [0.5, 0.6) is 11.5 Å². The molecular formula is C20H23NO4S. The number of carbonyl (C=O) groups excluding carboxylic acids is 1. The Labute approximate surface area is 158 Å². The molecule has 0 radical (unpaired) electrons. The van der Waals surface area contributed by atoms with Crippen LogP contribution in [0.25, 0.3) is 0 Å². The average molecular weight is 373 g/mol. The maximum atomic E-state index is 11.8. The van der Waals surface area contributed by atoms with Crippen LogP contribution in [0.1, 0.15) is 5.56 Å². The zero-order chi connectivity index (χ0) is 18.8. The Balaban J connectivity index is 1.79. The van der Waals surface area contributed by atoms with E-state index in [4.69, 9.17) is 14.2 Å². The Kier molecular flexibility index (Phi) is 7.89. The summed E-state index contributed by atoms with van der Waals surface area (Å²) >= 11 is 1.61.